The van der Waals surface area contributed by atoms with Crippen LogP contribution < -0.4 is 10.5 Å². The summed E-state index contributed by atoms with van der Waals surface area (Å²) in [5.74, 6) is 1.42. The van der Waals surface area contributed by atoms with Gasteiger partial charge in [0.05, 0.1) is 12.8 Å². The van der Waals surface area contributed by atoms with Crippen molar-refractivity contribution < 1.29 is 4.74 Å². The SMILES string of the molecule is CCc1nc(C)nc(OC)c1CCN. The molecule has 1 aromatic rings. The molecule has 2 N–H and O–H groups in total. The number of nitrogens with zero attached hydrogens (tertiary/aromatic N) is 2. The maximum Gasteiger partial charge on any atom is 0.219 e. The summed E-state index contributed by atoms with van der Waals surface area (Å²) in [5.41, 5.74) is 7.62. The van der Waals surface area contributed by atoms with Gasteiger partial charge in [0.15, 0.2) is 0 Å². The van der Waals surface area contributed by atoms with Crippen molar-refractivity contribution in [3.8, 4) is 5.88 Å². The van der Waals surface area contributed by atoms with E-state index in [4.69, 9.17) is 10.5 Å². The molecule has 14 heavy (non-hydrogen) atoms. The molecule has 0 bridgehead atoms. The van der Waals surface area contributed by atoms with Gasteiger partial charge in [-0.2, -0.15) is 4.98 Å². The molecule has 0 aromatic carbocycles. The zero-order valence-corrected chi connectivity index (χ0v) is 9.00. The molecule has 0 fully saturated rings. The molecule has 1 rings (SSSR count). The number of rotatable bonds is 4. The van der Waals surface area contributed by atoms with Gasteiger partial charge in [0.2, 0.25) is 5.88 Å². The van der Waals surface area contributed by atoms with Gasteiger partial charge in [-0.3, -0.25) is 0 Å². The smallest absolute Gasteiger partial charge is 0.219 e. The van der Waals surface area contributed by atoms with Crippen molar-refractivity contribution >= 4 is 0 Å². The lowest BCUT2D eigenvalue weighted by molar-refractivity contribution is 0.388. The maximum absolute atomic E-state index is 5.53. The number of ether oxygens (including phenoxy) is 1. The number of methoxy groups -OCH3 is 1. The molecule has 4 nitrogen and oxygen atoms in total. The van der Waals surface area contributed by atoms with Crippen molar-refractivity contribution in [2.75, 3.05) is 13.7 Å². The lowest BCUT2D eigenvalue weighted by atomic mass is 10.1. The van der Waals surface area contributed by atoms with Crippen LogP contribution in [0.1, 0.15) is 24.0 Å². The first kappa shape index (κ1) is 10.9. The summed E-state index contributed by atoms with van der Waals surface area (Å²) < 4.78 is 5.21. The second-order valence-electron chi connectivity index (χ2n) is 3.10. The Balaban J connectivity index is 3.18. The van der Waals surface area contributed by atoms with Crippen LogP contribution in [-0.4, -0.2) is 23.6 Å². The van der Waals surface area contributed by atoms with Crippen LogP contribution in [0.3, 0.4) is 0 Å². The Morgan fingerprint density at radius 2 is 2.07 bits per heavy atom. The number of hydrogen-bond acceptors (Lipinski definition) is 4. The molecular formula is C10H17N3O. The van der Waals surface area contributed by atoms with Gasteiger partial charge in [0.1, 0.15) is 5.82 Å². The van der Waals surface area contributed by atoms with E-state index in [0.29, 0.717) is 12.4 Å². The Kier molecular flexibility index (Phi) is 3.83. The summed E-state index contributed by atoms with van der Waals surface area (Å²) in [6.07, 6.45) is 1.65. The minimum atomic E-state index is 0.593. The molecule has 0 spiro atoms. The number of hydrogen-bond donors (Lipinski definition) is 1. The average Bonchev–Trinajstić information content (AvgIpc) is 2.20. The predicted molar refractivity (Wildman–Crippen MR) is 55.5 cm³/mol. The van der Waals surface area contributed by atoms with Gasteiger partial charge in [-0.15, -0.1) is 0 Å². The van der Waals surface area contributed by atoms with Crippen LogP contribution in [0.2, 0.25) is 0 Å². The highest BCUT2D eigenvalue weighted by Crippen LogP contribution is 2.19. The van der Waals surface area contributed by atoms with Gasteiger partial charge < -0.3 is 10.5 Å². The molecule has 1 heterocycles. The van der Waals surface area contributed by atoms with E-state index in [2.05, 4.69) is 16.9 Å². The Hall–Kier alpha value is -1.16. The molecule has 0 saturated carbocycles. The van der Waals surface area contributed by atoms with Gasteiger partial charge in [-0.25, -0.2) is 4.98 Å². The summed E-state index contributed by atoms with van der Waals surface area (Å²) in [7, 11) is 1.63. The quantitative estimate of drug-likeness (QED) is 0.774. The molecule has 0 amide bonds. The molecule has 0 atom stereocenters. The largest absolute Gasteiger partial charge is 0.481 e. The second-order valence-corrected chi connectivity index (χ2v) is 3.10. The van der Waals surface area contributed by atoms with Crippen LogP contribution in [-0.2, 0) is 12.8 Å². The molecular weight excluding hydrogens is 178 g/mol. The molecule has 0 unspecified atom stereocenters. The van der Waals surface area contributed by atoms with E-state index >= 15 is 0 Å². The zero-order chi connectivity index (χ0) is 10.6. The predicted octanol–water partition coefficient (Wildman–Crippen LogP) is 0.857. The van der Waals surface area contributed by atoms with Crippen molar-refractivity contribution in [2.45, 2.75) is 26.7 Å². The lowest BCUT2D eigenvalue weighted by Crippen LogP contribution is -2.10. The summed E-state index contributed by atoms with van der Waals surface area (Å²) >= 11 is 0. The average molecular weight is 195 g/mol. The van der Waals surface area contributed by atoms with E-state index in [9.17, 15) is 0 Å². The van der Waals surface area contributed by atoms with Crippen molar-refractivity contribution in [3.63, 3.8) is 0 Å². The Morgan fingerprint density at radius 3 is 2.57 bits per heavy atom. The minimum absolute atomic E-state index is 0.593. The molecule has 78 valence electrons. The highest BCUT2D eigenvalue weighted by molar-refractivity contribution is 5.31. The third kappa shape index (κ3) is 2.20. The number of aromatic nitrogens is 2. The summed E-state index contributed by atoms with van der Waals surface area (Å²) in [5, 5.41) is 0. The second kappa shape index (κ2) is 4.91. The fraction of sp³-hybridized carbons (Fsp3) is 0.600. The van der Waals surface area contributed by atoms with Crippen molar-refractivity contribution in [3.05, 3.63) is 17.1 Å². The molecule has 0 saturated heterocycles. The van der Waals surface area contributed by atoms with Gasteiger partial charge in [-0.1, -0.05) is 6.92 Å². The Bertz CT molecular complexity index is 287. The molecule has 0 radical (unpaired) electrons. The van der Waals surface area contributed by atoms with Gasteiger partial charge in [0, 0.05) is 5.56 Å². The van der Waals surface area contributed by atoms with E-state index < -0.39 is 0 Å². The van der Waals surface area contributed by atoms with E-state index in [1.807, 2.05) is 6.92 Å². The maximum atomic E-state index is 5.53. The number of nitrogens with two attached hydrogens (primary N) is 1. The first-order valence-corrected chi connectivity index (χ1v) is 4.83. The van der Waals surface area contributed by atoms with Gasteiger partial charge in [0.25, 0.3) is 0 Å². The Labute approximate surface area is 84.5 Å². The van der Waals surface area contributed by atoms with Crippen molar-refractivity contribution in [2.24, 2.45) is 5.73 Å². The van der Waals surface area contributed by atoms with E-state index in [1.165, 1.54) is 0 Å². The molecule has 0 aliphatic carbocycles. The van der Waals surface area contributed by atoms with Gasteiger partial charge in [-0.05, 0) is 26.3 Å². The molecule has 1 aromatic heterocycles. The lowest BCUT2D eigenvalue weighted by Gasteiger charge is -2.11. The normalized spacial score (nSPS) is 10.3. The summed E-state index contributed by atoms with van der Waals surface area (Å²) in [6, 6.07) is 0. The first-order valence-electron chi connectivity index (χ1n) is 4.83. The van der Waals surface area contributed by atoms with Crippen LogP contribution in [0.4, 0.5) is 0 Å². The van der Waals surface area contributed by atoms with Crippen LogP contribution in [0, 0.1) is 6.92 Å². The summed E-state index contributed by atoms with van der Waals surface area (Å²) in [6.45, 7) is 4.53. The molecule has 4 heteroatoms. The van der Waals surface area contributed by atoms with Crippen molar-refractivity contribution in [1.29, 1.82) is 0 Å². The third-order valence-corrected chi connectivity index (χ3v) is 2.09. The van der Waals surface area contributed by atoms with E-state index in [-0.39, 0.29) is 0 Å². The Morgan fingerprint density at radius 1 is 1.36 bits per heavy atom. The standard InChI is InChI=1S/C10H17N3O/c1-4-9-8(5-6-11)10(14-3)13-7(2)12-9/h4-6,11H2,1-3H3. The van der Waals surface area contributed by atoms with E-state index in [0.717, 1.165) is 29.9 Å². The topological polar surface area (TPSA) is 61.0 Å². The monoisotopic (exact) mass is 195 g/mol. The van der Waals surface area contributed by atoms with Gasteiger partial charge >= 0.3 is 0 Å². The fourth-order valence-electron chi connectivity index (χ4n) is 1.48. The first-order chi connectivity index (χ1) is 6.72. The van der Waals surface area contributed by atoms with Crippen molar-refractivity contribution in [1.82, 2.24) is 9.97 Å². The van der Waals surface area contributed by atoms with Crippen LogP contribution >= 0.6 is 0 Å². The highest BCUT2D eigenvalue weighted by Gasteiger charge is 2.11. The molecule has 0 aliphatic rings. The zero-order valence-electron chi connectivity index (χ0n) is 9.00. The van der Waals surface area contributed by atoms with Crippen LogP contribution in [0.15, 0.2) is 0 Å². The minimum Gasteiger partial charge on any atom is -0.481 e. The highest BCUT2D eigenvalue weighted by atomic mass is 16.5. The fourth-order valence-corrected chi connectivity index (χ4v) is 1.48. The summed E-state index contributed by atoms with van der Waals surface area (Å²) in [4.78, 5) is 8.60. The van der Waals surface area contributed by atoms with E-state index in [1.54, 1.807) is 7.11 Å². The molecule has 0 aliphatic heterocycles. The third-order valence-electron chi connectivity index (χ3n) is 2.09. The van der Waals surface area contributed by atoms with Crippen LogP contribution in [0.25, 0.3) is 0 Å². The number of aryl methyl sites for hydroxylation is 2. The van der Waals surface area contributed by atoms with Crippen LogP contribution in [0.5, 0.6) is 5.88 Å².